The molecule has 6 nitrogen and oxygen atoms in total. The van der Waals surface area contributed by atoms with Crippen LogP contribution in [0.4, 0.5) is 11.4 Å². The van der Waals surface area contributed by atoms with E-state index in [0.717, 1.165) is 23.4 Å². The summed E-state index contributed by atoms with van der Waals surface area (Å²) in [6.07, 6.45) is 0.990. The molecule has 0 bridgehead atoms. The number of benzene rings is 2. The van der Waals surface area contributed by atoms with Gasteiger partial charge in [-0.05, 0) is 45.0 Å². The van der Waals surface area contributed by atoms with Gasteiger partial charge in [0.15, 0.2) is 0 Å². The second-order valence-corrected chi connectivity index (χ2v) is 7.13. The van der Waals surface area contributed by atoms with Crippen LogP contribution < -0.4 is 24.8 Å². The lowest BCUT2D eigenvalue weighted by Crippen LogP contribution is -2.32. The van der Waals surface area contributed by atoms with E-state index in [0.29, 0.717) is 28.8 Å². The molecule has 0 radical (unpaired) electrons. The lowest BCUT2D eigenvalue weighted by atomic mass is 10.1. The standard InChI is InChI=1S/C21H25ClN2O4/c1-5-27-20-9-14-8-12(2)28-19(14)11-17(20)23-13(3)21(25)24-15-6-7-18(26-4)16(22)10-15/h6-7,9-13,23H,5,8H2,1-4H3,(H,24,25)/t12-,13+/m1/s1. The number of carbonyl (C=O) groups excluding carboxylic acids is 1. The van der Waals surface area contributed by atoms with Crippen molar-refractivity contribution in [3.8, 4) is 17.2 Å². The molecule has 3 rings (SSSR count). The van der Waals surface area contributed by atoms with Crippen molar-refractivity contribution >= 4 is 28.9 Å². The van der Waals surface area contributed by atoms with E-state index in [-0.39, 0.29) is 12.0 Å². The molecule has 1 aliphatic rings. The van der Waals surface area contributed by atoms with Crippen molar-refractivity contribution in [1.29, 1.82) is 0 Å². The summed E-state index contributed by atoms with van der Waals surface area (Å²) < 4.78 is 16.7. The first-order chi connectivity index (χ1) is 13.4. The van der Waals surface area contributed by atoms with Crippen molar-refractivity contribution in [3.63, 3.8) is 0 Å². The van der Waals surface area contributed by atoms with Gasteiger partial charge in [0.25, 0.3) is 0 Å². The highest BCUT2D eigenvalue weighted by atomic mass is 35.5. The lowest BCUT2D eigenvalue weighted by molar-refractivity contribution is -0.116. The van der Waals surface area contributed by atoms with Crippen molar-refractivity contribution in [2.75, 3.05) is 24.4 Å². The number of nitrogens with one attached hydrogen (secondary N) is 2. The molecular weight excluding hydrogens is 380 g/mol. The van der Waals surface area contributed by atoms with Crippen LogP contribution in [0.1, 0.15) is 26.3 Å². The second-order valence-electron chi connectivity index (χ2n) is 6.73. The van der Waals surface area contributed by atoms with Gasteiger partial charge in [-0.1, -0.05) is 11.6 Å². The van der Waals surface area contributed by atoms with Crippen LogP contribution in [0.5, 0.6) is 17.2 Å². The zero-order valence-electron chi connectivity index (χ0n) is 16.5. The molecule has 0 saturated carbocycles. The maximum Gasteiger partial charge on any atom is 0.246 e. The predicted octanol–water partition coefficient (Wildman–Crippen LogP) is 4.51. The van der Waals surface area contributed by atoms with E-state index in [4.69, 9.17) is 25.8 Å². The van der Waals surface area contributed by atoms with Gasteiger partial charge >= 0.3 is 0 Å². The zero-order chi connectivity index (χ0) is 20.3. The van der Waals surface area contributed by atoms with E-state index in [2.05, 4.69) is 10.6 Å². The van der Waals surface area contributed by atoms with Crippen molar-refractivity contribution in [3.05, 3.63) is 40.9 Å². The largest absolute Gasteiger partial charge is 0.495 e. The summed E-state index contributed by atoms with van der Waals surface area (Å²) in [7, 11) is 1.54. The van der Waals surface area contributed by atoms with Crippen molar-refractivity contribution < 1.29 is 19.0 Å². The van der Waals surface area contributed by atoms with Gasteiger partial charge in [0, 0.05) is 23.7 Å². The number of amides is 1. The van der Waals surface area contributed by atoms with Crippen LogP contribution >= 0.6 is 11.6 Å². The Morgan fingerprint density at radius 2 is 2.11 bits per heavy atom. The highest BCUT2D eigenvalue weighted by Gasteiger charge is 2.23. The summed E-state index contributed by atoms with van der Waals surface area (Å²) in [6, 6.07) is 8.49. The fourth-order valence-corrected chi connectivity index (χ4v) is 3.38. The number of rotatable bonds is 7. The van der Waals surface area contributed by atoms with Crippen LogP contribution in [0.25, 0.3) is 0 Å². The van der Waals surface area contributed by atoms with Crippen molar-refractivity contribution in [2.45, 2.75) is 39.3 Å². The summed E-state index contributed by atoms with van der Waals surface area (Å²) in [5.74, 6) is 1.90. The van der Waals surface area contributed by atoms with Crippen LogP contribution in [0.3, 0.4) is 0 Å². The summed E-state index contributed by atoms with van der Waals surface area (Å²) in [5, 5.41) is 6.51. The molecule has 2 aromatic rings. The Kier molecular flexibility index (Phi) is 6.19. The first-order valence-electron chi connectivity index (χ1n) is 9.28. The van der Waals surface area contributed by atoms with E-state index >= 15 is 0 Å². The Bertz CT molecular complexity index is 872. The topological polar surface area (TPSA) is 68.8 Å². The Hall–Kier alpha value is -2.60. The second kappa shape index (κ2) is 8.61. The minimum Gasteiger partial charge on any atom is -0.495 e. The molecule has 0 aromatic heterocycles. The van der Waals surface area contributed by atoms with E-state index in [9.17, 15) is 4.79 Å². The van der Waals surface area contributed by atoms with Gasteiger partial charge in [0.1, 0.15) is 29.4 Å². The molecule has 28 heavy (non-hydrogen) atoms. The van der Waals surface area contributed by atoms with E-state index in [1.807, 2.05) is 26.0 Å². The van der Waals surface area contributed by atoms with E-state index in [1.54, 1.807) is 32.2 Å². The average Bonchev–Trinajstić information content (AvgIpc) is 3.01. The fraction of sp³-hybridized carbons (Fsp3) is 0.381. The third-order valence-electron chi connectivity index (χ3n) is 4.48. The van der Waals surface area contributed by atoms with E-state index in [1.165, 1.54) is 0 Å². The zero-order valence-corrected chi connectivity index (χ0v) is 17.2. The first kappa shape index (κ1) is 20.1. The molecule has 1 amide bonds. The molecular formula is C21H25ClN2O4. The van der Waals surface area contributed by atoms with E-state index < -0.39 is 6.04 Å². The number of carbonyl (C=O) groups is 1. The van der Waals surface area contributed by atoms with Gasteiger partial charge in [0.2, 0.25) is 5.91 Å². The molecule has 0 unspecified atom stereocenters. The molecule has 2 N–H and O–H groups in total. The summed E-state index contributed by atoms with van der Waals surface area (Å²) in [6.45, 7) is 6.28. The van der Waals surface area contributed by atoms with Crippen LogP contribution in [-0.4, -0.2) is 31.8 Å². The summed E-state index contributed by atoms with van der Waals surface area (Å²) in [4.78, 5) is 12.6. The molecule has 0 aliphatic carbocycles. The van der Waals surface area contributed by atoms with Crippen LogP contribution in [0, 0.1) is 0 Å². The monoisotopic (exact) mass is 404 g/mol. The molecule has 0 saturated heterocycles. The molecule has 1 aliphatic heterocycles. The average molecular weight is 405 g/mol. The fourth-order valence-electron chi connectivity index (χ4n) is 3.12. The normalized spacial score (nSPS) is 16.0. The SMILES string of the molecule is CCOc1cc2c(cc1N[C@@H](C)C(=O)Nc1ccc(OC)c(Cl)c1)O[C@H](C)C2. The van der Waals surface area contributed by atoms with Crippen molar-refractivity contribution in [2.24, 2.45) is 0 Å². The van der Waals surface area contributed by atoms with Gasteiger partial charge in [-0.25, -0.2) is 0 Å². The number of methoxy groups -OCH3 is 1. The number of fused-ring (bicyclic) bond motifs is 1. The molecule has 2 atom stereocenters. The van der Waals surface area contributed by atoms with Crippen molar-refractivity contribution in [1.82, 2.24) is 0 Å². The van der Waals surface area contributed by atoms with Gasteiger partial charge in [-0.2, -0.15) is 0 Å². The van der Waals surface area contributed by atoms with Gasteiger partial charge in [0.05, 0.1) is 24.4 Å². The molecule has 0 spiro atoms. The van der Waals surface area contributed by atoms with Gasteiger partial charge in [-0.15, -0.1) is 0 Å². The minimum absolute atomic E-state index is 0.139. The summed E-state index contributed by atoms with van der Waals surface area (Å²) in [5.41, 5.74) is 2.44. The molecule has 7 heteroatoms. The quantitative estimate of drug-likeness (QED) is 0.710. The first-order valence-corrected chi connectivity index (χ1v) is 9.66. The predicted molar refractivity (Wildman–Crippen MR) is 111 cm³/mol. The van der Waals surface area contributed by atoms with Gasteiger partial charge < -0.3 is 24.8 Å². The van der Waals surface area contributed by atoms with Crippen LogP contribution in [0.15, 0.2) is 30.3 Å². The molecule has 2 aromatic carbocycles. The minimum atomic E-state index is -0.503. The third kappa shape index (κ3) is 4.44. The van der Waals surface area contributed by atoms with Gasteiger partial charge in [-0.3, -0.25) is 4.79 Å². The number of ether oxygens (including phenoxy) is 3. The number of hydrogen-bond acceptors (Lipinski definition) is 5. The smallest absolute Gasteiger partial charge is 0.246 e. The molecule has 0 fully saturated rings. The Morgan fingerprint density at radius 3 is 2.79 bits per heavy atom. The number of hydrogen-bond donors (Lipinski definition) is 2. The molecule has 1 heterocycles. The van der Waals surface area contributed by atoms with Crippen LogP contribution in [-0.2, 0) is 11.2 Å². The van der Waals surface area contributed by atoms with Crippen LogP contribution in [0.2, 0.25) is 5.02 Å². The Morgan fingerprint density at radius 1 is 1.32 bits per heavy atom. The lowest BCUT2D eigenvalue weighted by Gasteiger charge is -2.19. The number of halogens is 1. The number of anilines is 2. The molecule has 150 valence electrons. The Balaban J connectivity index is 1.73. The maximum absolute atomic E-state index is 12.6. The summed E-state index contributed by atoms with van der Waals surface area (Å²) >= 11 is 6.12. The third-order valence-corrected chi connectivity index (χ3v) is 4.78. The maximum atomic E-state index is 12.6. The highest BCUT2D eigenvalue weighted by Crippen LogP contribution is 2.38. The highest BCUT2D eigenvalue weighted by molar-refractivity contribution is 6.32. The Labute approximate surface area is 170 Å².